The molecular formula is C20H30ClFN4O2. The largest absolute Gasteiger partial charge is 0.352 e. The van der Waals surface area contributed by atoms with Crippen molar-refractivity contribution >= 4 is 29.1 Å². The van der Waals surface area contributed by atoms with E-state index in [1.54, 1.807) is 7.05 Å². The number of carbonyl (C=O) groups is 2. The molecule has 8 heteroatoms. The van der Waals surface area contributed by atoms with Crippen LogP contribution in [0.15, 0.2) is 18.2 Å². The Hall–Kier alpha value is -1.70. The van der Waals surface area contributed by atoms with Crippen LogP contribution < -0.4 is 21.7 Å². The third-order valence-corrected chi connectivity index (χ3v) is 5.70. The van der Waals surface area contributed by atoms with E-state index in [2.05, 4.69) is 16.0 Å². The van der Waals surface area contributed by atoms with Crippen LogP contribution in [0.25, 0.3) is 0 Å². The van der Waals surface area contributed by atoms with E-state index in [0.717, 1.165) is 12.8 Å². The van der Waals surface area contributed by atoms with Gasteiger partial charge in [-0.05, 0) is 57.4 Å². The van der Waals surface area contributed by atoms with Crippen molar-refractivity contribution in [3.63, 3.8) is 0 Å². The van der Waals surface area contributed by atoms with Crippen LogP contribution in [0.5, 0.6) is 0 Å². The van der Waals surface area contributed by atoms with Gasteiger partial charge in [-0.2, -0.15) is 0 Å². The summed E-state index contributed by atoms with van der Waals surface area (Å²) >= 11 is 5.73. The minimum atomic E-state index is -0.814. The standard InChI is InChI=1S/C20H30ClFN4O2/c1-12(13-6-4-3-5-7-13)25-19(27)17(23)11-18(24-2)20(28)26-14-8-9-16(22)15(21)10-14/h8-10,12-13,17-18,24H,3-7,11,23H2,1-2H3,(H,25,27)(H,26,28)/t12-,17?,18?/m1/s1. The average molecular weight is 413 g/mol. The van der Waals surface area contributed by atoms with E-state index in [1.807, 2.05) is 6.92 Å². The van der Waals surface area contributed by atoms with Crippen molar-refractivity contribution in [1.82, 2.24) is 10.6 Å². The summed E-state index contributed by atoms with van der Waals surface area (Å²) in [5, 5.41) is 8.45. The smallest absolute Gasteiger partial charge is 0.241 e. The second-order valence-electron chi connectivity index (χ2n) is 7.50. The quantitative estimate of drug-likeness (QED) is 0.528. The van der Waals surface area contributed by atoms with Gasteiger partial charge in [0.05, 0.1) is 17.1 Å². The van der Waals surface area contributed by atoms with Gasteiger partial charge in [-0.3, -0.25) is 9.59 Å². The van der Waals surface area contributed by atoms with E-state index in [1.165, 1.54) is 37.5 Å². The Morgan fingerprint density at radius 3 is 2.54 bits per heavy atom. The van der Waals surface area contributed by atoms with E-state index in [9.17, 15) is 14.0 Å². The van der Waals surface area contributed by atoms with Crippen LogP contribution in [0, 0.1) is 11.7 Å². The lowest BCUT2D eigenvalue weighted by Gasteiger charge is -2.29. The molecule has 1 fully saturated rings. The first kappa shape index (κ1) is 22.6. The number of halogens is 2. The third-order valence-electron chi connectivity index (χ3n) is 5.41. The fourth-order valence-corrected chi connectivity index (χ4v) is 3.78. The number of carbonyl (C=O) groups excluding carboxylic acids is 2. The number of benzene rings is 1. The number of rotatable bonds is 8. The highest BCUT2D eigenvalue weighted by Crippen LogP contribution is 2.26. The number of nitrogens with two attached hydrogens (primary N) is 1. The number of amides is 2. The molecule has 2 unspecified atom stereocenters. The number of hydrogen-bond donors (Lipinski definition) is 4. The molecule has 6 nitrogen and oxygen atoms in total. The summed E-state index contributed by atoms with van der Waals surface area (Å²) in [4.78, 5) is 24.9. The van der Waals surface area contributed by atoms with Crippen molar-refractivity contribution in [2.75, 3.05) is 12.4 Å². The molecule has 1 aromatic rings. The summed E-state index contributed by atoms with van der Waals surface area (Å²) in [6.45, 7) is 2.02. The first-order valence-corrected chi connectivity index (χ1v) is 10.2. The Morgan fingerprint density at radius 2 is 1.93 bits per heavy atom. The Bertz CT molecular complexity index is 682. The van der Waals surface area contributed by atoms with Crippen LogP contribution in [0.3, 0.4) is 0 Å². The van der Waals surface area contributed by atoms with Crippen molar-refractivity contribution < 1.29 is 14.0 Å². The monoisotopic (exact) mass is 412 g/mol. The maximum atomic E-state index is 13.2. The first-order chi connectivity index (χ1) is 13.3. The molecule has 156 valence electrons. The van der Waals surface area contributed by atoms with Crippen LogP contribution in [-0.2, 0) is 9.59 Å². The molecule has 1 aliphatic carbocycles. The normalized spacial score (nSPS) is 18.2. The minimum Gasteiger partial charge on any atom is -0.352 e. The summed E-state index contributed by atoms with van der Waals surface area (Å²) in [6, 6.07) is 2.52. The number of anilines is 1. The molecule has 1 aromatic carbocycles. The topological polar surface area (TPSA) is 96.2 Å². The highest BCUT2D eigenvalue weighted by atomic mass is 35.5. The fraction of sp³-hybridized carbons (Fsp3) is 0.600. The van der Waals surface area contributed by atoms with Crippen molar-refractivity contribution in [3.8, 4) is 0 Å². The van der Waals surface area contributed by atoms with E-state index in [-0.39, 0.29) is 29.3 Å². The second-order valence-corrected chi connectivity index (χ2v) is 7.90. The van der Waals surface area contributed by atoms with Crippen LogP contribution in [0.2, 0.25) is 5.02 Å². The molecule has 2 amide bonds. The molecule has 0 radical (unpaired) electrons. The number of nitrogens with one attached hydrogen (secondary N) is 3. The molecule has 0 heterocycles. The average Bonchev–Trinajstić information content (AvgIpc) is 2.69. The SMILES string of the molecule is CNC(CC(N)C(=O)N[C@H](C)C1CCCCC1)C(=O)Nc1ccc(F)c(Cl)c1. The van der Waals surface area contributed by atoms with Crippen LogP contribution in [0.1, 0.15) is 45.4 Å². The van der Waals surface area contributed by atoms with E-state index in [4.69, 9.17) is 17.3 Å². The Kier molecular flexibility index (Phi) is 8.66. The van der Waals surface area contributed by atoms with Gasteiger partial charge in [0.15, 0.2) is 0 Å². The maximum absolute atomic E-state index is 13.2. The van der Waals surface area contributed by atoms with Gasteiger partial charge in [0.25, 0.3) is 0 Å². The van der Waals surface area contributed by atoms with Gasteiger partial charge >= 0.3 is 0 Å². The van der Waals surface area contributed by atoms with Crippen LogP contribution in [-0.4, -0.2) is 37.0 Å². The van der Waals surface area contributed by atoms with Crippen molar-refractivity contribution in [2.45, 2.75) is 63.6 Å². The molecule has 28 heavy (non-hydrogen) atoms. The third kappa shape index (κ3) is 6.43. The molecule has 1 saturated carbocycles. The van der Waals surface area contributed by atoms with E-state index < -0.39 is 17.9 Å². The molecule has 1 aliphatic rings. The summed E-state index contributed by atoms with van der Waals surface area (Å²) in [7, 11) is 1.62. The van der Waals surface area contributed by atoms with E-state index in [0.29, 0.717) is 11.6 Å². The zero-order valence-corrected chi connectivity index (χ0v) is 17.2. The first-order valence-electron chi connectivity index (χ1n) is 9.81. The maximum Gasteiger partial charge on any atom is 0.241 e. The molecular weight excluding hydrogens is 383 g/mol. The van der Waals surface area contributed by atoms with Gasteiger partial charge in [-0.1, -0.05) is 30.9 Å². The highest BCUT2D eigenvalue weighted by Gasteiger charge is 2.27. The molecule has 2 rings (SSSR count). The van der Waals surface area contributed by atoms with Crippen LogP contribution in [0.4, 0.5) is 10.1 Å². The summed E-state index contributed by atoms with van der Waals surface area (Å²) in [5.74, 6) is -0.697. The summed E-state index contributed by atoms with van der Waals surface area (Å²) < 4.78 is 13.2. The zero-order valence-electron chi connectivity index (χ0n) is 16.4. The zero-order chi connectivity index (χ0) is 20.7. The van der Waals surface area contributed by atoms with Crippen molar-refractivity contribution in [3.05, 3.63) is 29.0 Å². The minimum absolute atomic E-state index is 0.0714. The predicted molar refractivity (Wildman–Crippen MR) is 110 cm³/mol. The van der Waals surface area contributed by atoms with Gasteiger partial charge in [0, 0.05) is 11.7 Å². The van der Waals surface area contributed by atoms with Gasteiger partial charge in [-0.25, -0.2) is 4.39 Å². The predicted octanol–water partition coefficient (Wildman–Crippen LogP) is 2.81. The second kappa shape index (κ2) is 10.7. The molecule has 0 aliphatic heterocycles. The Labute approximate surface area is 170 Å². The molecule has 0 spiro atoms. The summed E-state index contributed by atoms with van der Waals surface area (Å²) in [5.41, 5.74) is 6.42. The molecule has 0 bridgehead atoms. The van der Waals surface area contributed by atoms with Crippen LogP contribution >= 0.6 is 11.6 Å². The fourth-order valence-electron chi connectivity index (χ4n) is 3.60. The molecule has 0 saturated heterocycles. The number of likely N-dealkylation sites (N-methyl/N-ethyl adjacent to an activating group) is 1. The van der Waals surface area contributed by atoms with Gasteiger partial charge < -0.3 is 21.7 Å². The van der Waals surface area contributed by atoms with Crippen molar-refractivity contribution in [2.24, 2.45) is 11.7 Å². The van der Waals surface area contributed by atoms with Gasteiger partial charge in [0.1, 0.15) is 5.82 Å². The summed E-state index contributed by atoms with van der Waals surface area (Å²) in [6.07, 6.45) is 6.05. The van der Waals surface area contributed by atoms with Gasteiger partial charge in [0.2, 0.25) is 11.8 Å². The van der Waals surface area contributed by atoms with Crippen molar-refractivity contribution in [1.29, 1.82) is 0 Å². The Balaban J connectivity index is 1.87. The Morgan fingerprint density at radius 1 is 1.25 bits per heavy atom. The highest BCUT2D eigenvalue weighted by molar-refractivity contribution is 6.31. The number of hydrogen-bond acceptors (Lipinski definition) is 4. The molecule has 3 atom stereocenters. The lowest BCUT2D eigenvalue weighted by Crippen LogP contribution is -2.51. The lowest BCUT2D eigenvalue weighted by molar-refractivity contribution is -0.124. The molecule has 0 aromatic heterocycles. The lowest BCUT2D eigenvalue weighted by atomic mass is 9.84. The molecule has 5 N–H and O–H groups in total. The van der Waals surface area contributed by atoms with Gasteiger partial charge in [-0.15, -0.1) is 0 Å². The van der Waals surface area contributed by atoms with E-state index >= 15 is 0 Å².